The number of anilines is 1. The molecule has 0 saturated carbocycles. The van der Waals surface area contributed by atoms with E-state index in [1.54, 1.807) is 34.0 Å². The fourth-order valence-electron chi connectivity index (χ4n) is 4.06. The number of amides is 1. The van der Waals surface area contributed by atoms with E-state index >= 15 is 0 Å². The van der Waals surface area contributed by atoms with E-state index in [9.17, 15) is 4.79 Å². The van der Waals surface area contributed by atoms with Crippen LogP contribution >= 0.6 is 34.0 Å². The molecule has 2 aromatic carbocycles. The van der Waals surface area contributed by atoms with Crippen LogP contribution in [0.2, 0.25) is 0 Å². The Kier molecular flexibility index (Phi) is 5.73. The van der Waals surface area contributed by atoms with Crippen molar-refractivity contribution in [2.24, 2.45) is 0 Å². The molecule has 0 atom stereocenters. The number of aromatic nitrogens is 1. The third kappa shape index (κ3) is 4.22. The number of nitrogens with zero attached hydrogens (tertiary/aromatic N) is 2. The lowest BCUT2D eigenvalue weighted by molar-refractivity contribution is 0.0322. The molecule has 1 N–H and O–H groups in total. The van der Waals surface area contributed by atoms with Crippen LogP contribution in [-0.4, -0.2) is 55.2 Å². The zero-order valence-electron chi connectivity index (χ0n) is 17.7. The molecule has 33 heavy (non-hydrogen) atoms. The Morgan fingerprint density at radius 1 is 1.09 bits per heavy atom. The van der Waals surface area contributed by atoms with Crippen molar-refractivity contribution in [1.29, 1.82) is 0 Å². The maximum atomic E-state index is 13.3. The zero-order chi connectivity index (χ0) is 22.2. The summed E-state index contributed by atoms with van der Waals surface area (Å²) in [5.41, 5.74) is 3.41. The monoisotopic (exact) mass is 495 g/mol. The first-order valence-corrected chi connectivity index (χ1v) is 13.3. The largest absolute Gasteiger partial charge is 0.491 e. The molecule has 9 heteroatoms. The van der Waals surface area contributed by atoms with E-state index in [0.717, 1.165) is 68.2 Å². The molecular formula is C24H21N3O3S3. The molecule has 5 aromatic rings. The highest BCUT2D eigenvalue weighted by Gasteiger charge is 2.18. The van der Waals surface area contributed by atoms with Gasteiger partial charge in [-0.1, -0.05) is 6.07 Å². The fraction of sp³-hybridized carbons (Fsp3) is 0.250. The topological polar surface area (TPSA) is 63.7 Å². The standard InChI is InChI=1S/C24H21N3O3S3/c28-24(26-21-12-16-1-2-19-22(23(16)33-21)25-14-32-19)17-11-15-3-10-31-20(15)13-18(17)30-9-6-27-4-7-29-8-5-27/h1-3,10-14H,4-9H2,(H,26,28). The number of thiazole rings is 1. The first kappa shape index (κ1) is 21.0. The summed E-state index contributed by atoms with van der Waals surface area (Å²) >= 11 is 4.83. The summed E-state index contributed by atoms with van der Waals surface area (Å²) in [6.07, 6.45) is 0. The van der Waals surface area contributed by atoms with Gasteiger partial charge in [0.15, 0.2) is 0 Å². The number of nitrogens with one attached hydrogen (secondary N) is 1. The average Bonchev–Trinajstić information content (AvgIpc) is 3.57. The number of hydrogen-bond donors (Lipinski definition) is 1. The molecule has 1 aliphatic heterocycles. The van der Waals surface area contributed by atoms with Crippen LogP contribution in [0, 0.1) is 0 Å². The van der Waals surface area contributed by atoms with Crippen LogP contribution in [0.15, 0.2) is 47.3 Å². The number of carbonyl (C=O) groups is 1. The van der Waals surface area contributed by atoms with Crippen LogP contribution < -0.4 is 10.1 Å². The van der Waals surface area contributed by atoms with Gasteiger partial charge in [-0.2, -0.15) is 0 Å². The van der Waals surface area contributed by atoms with E-state index < -0.39 is 0 Å². The van der Waals surface area contributed by atoms with Gasteiger partial charge in [0, 0.05) is 24.3 Å². The lowest BCUT2D eigenvalue weighted by atomic mass is 10.1. The molecule has 0 unspecified atom stereocenters. The van der Waals surface area contributed by atoms with E-state index in [1.165, 1.54) is 0 Å². The number of carbonyl (C=O) groups excluding carboxylic acids is 1. The molecule has 0 bridgehead atoms. The van der Waals surface area contributed by atoms with Crippen molar-refractivity contribution in [3.05, 3.63) is 52.9 Å². The number of ether oxygens (including phenoxy) is 2. The van der Waals surface area contributed by atoms with Crippen molar-refractivity contribution >= 4 is 75.3 Å². The predicted molar refractivity (Wildman–Crippen MR) is 138 cm³/mol. The number of benzene rings is 2. The van der Waals surface area contributed by atoms with Gasteiger partial charge in [-0.25, -0.2) is 4.98 Å². The Morgan fingerprint density at radius 2 is 2.00 bits per heavy atom. The van der Waals surface area contributed by atoms with Crippen molar-refractivity contribution in [3.63, 3.8) is 0 Å². The summed E-state index contributed by atoms with van der Waals surface area (Å²) in [6.45, 7) is 4.70. The highest BCUT2D eigenvalue weighted by atomic mass is 32.1. The number of rotatable bonds is 6. The van der Waals surface area contributed by atoms with Gasteiger partial charge in [-0.05, 0) is 46.5 Å². The lowest BCUT2D eigenvalue weighted by Crippen LogP contribution is -2.38. The molecule has 1 aliphatic rings. The number of hydrogen-bond acceptors (Lipinski definition) is 8. The van der Waals surface area contributed by atoms with Gasteiger partial charge in [0.1, 0.15) is 12.4 Å². The number of thiophene rings is 2. The minimum atomic E-state index is -0.162. The summed E-state index contributed by atoms with van der Waals surface area (Å²) in [4.78, 5) is 20.2. The van der Waals surface area contributed by atoms with Gasteiger partial charge in [0.25, 0.3) is 5.91 Å². The molecule has 1 saturated heterocycles. The van der Waals surface area contributed by atoms with E-state index in [1.807, 2.05) is 35.2 Å². The number of morpholine rings is 1. The molecule has 4 heterocycles. The summed E-state index contributed by atoms with van der Waals surface area (Å²) in [6, 6.07) is 12.1. The Balaban J connectivity index is 1.25. The SMILES string of the molecule is O=C(Nc1cc2ccc3scnc3c2s1)c1cc2ccsc2cc1OCCN1CCOCC1. The lowest BCUT2D eigenvalue weighted by Gasteiger charge is -2.26. The van der Waals surface area contributed by atoms with Crippen molar-refractivity contribution in [3.8, 4) is 5.75 Å². The normalized spacial score (nSPS) is 14.9. The second-order valence-electron chi connectivity index (χ2n) is 7.86. The Bertz CT molecular complexity index is 1450. The van der Waals surface area contributed by atoms with Gasteiger partial charge >= 0.3 is 0 Å². The summed E-state index contributed by atoms with van der Waals surface area (Å²) < 4.78 is 14.9. The van der Waals surface area contributed by atoms with E-state index in [-0.39, 0.29) is 5.91 Å². The van der Waals surface area contributed by atoms with Gasteiger partial charge in [-0.15, -0.1) is 34.0 Å². The smallest absolute Gasteiger partial charge is 0.260 e. The molecule has 6 rings (SSSR count). The van der Waals surface area contributed by atoms with Gasteiger partial charge in [0.2, 0.25) is 0 Å². The molecule has 1 amide bonds. The van der Waals surface area contributed by atoms with Crippen LogP contribution in [0.5, 0.6) is 5.75 Å². The van der Waals surface area contributed by atoms with Crippen LogP contribution in [0.4, 0.5) is 5.00 Å². The van der Waals surface area contributed by atoms with Crippen LogP contribution in [0.1, 0.15) is 10.4 Å². The van der Waals surface area contributed by atoms with Gasteiger partial charge in [-0.3, -0.25) is 9.69 Å². The van der Waals surface area contributed by atoms with Crippen molar-refractivity contribution in [2.45, 2.75) is 0 Å². The quantitative estimate of drug-likeness (QED) is 0.328. The summed E-state index contributed by atoms with van der Waals surface area (Å²) in [5, 5.41) is 8.07. The average molecular weight is 496 g/mol. The molecule has 0 aliphatic carbocycles. The highest BCUT2D eigenvalue weighted by molar-refractivity contribution is 7.25. The second kappa shape index (κ2) is 9.00. The Hall–Kier alpha value is -2.56. The van der Waals surface area contributed by atoms with Gasteiger partial charge < -0.3 is 14.8 Å². The van der Waals surface area contributed by atoms with Crippen LogP contribution in [0.25, 0.3) is 30.4 Å². The van der Waals surface area contributed by atoms with Crippen LogP contribution in [0.3, 0.4) is 0 Å². The van der Waals surface area contributed by atoms with Crippen LogP contribution in [-0.2, 0) is 4.74 Å². The molecule has 1 fully saturated rings. The third-order valence-electron chi connectivity index (χ3n) is 5.79. The first-order valence-electron chi connectivity index (χ1n) is 10.8. The predicted octanol–water partition coefficient (Wildman–Crippen LogP) is 5.69. The fourth-order valence-corrected chi connectivity index (χ4v) is 6.66. The zero-order valence-corrected chi connectivity index (χ0v) is 20.2. The Morgan fingerprint density at radius 3 is 2.91 bits per heavy atom. The minimum Gasteiger partial charge on any atom is -0.491 e. The third-order valence-corrected chi connectivity index (χ3v) is 8.54. The number of fused-ring (bicyclic) bond motifs is 4. The maximum Gasteiger partial charge on any atom is 0.260 e. The Labute approximate surface area is 202 Å². The summed E-state index contributed by atoms with van der Waals surface area (Å²) in [5.74, 6) is 0.462. The maximum absolute atomic E-state index is 13.3. The molecule has 6 nitrogen and oxygen atoms in total. The first-order chi connectivity index (χ1) is 16.2. The van der Waals surface area contributed by atoms with Crippen molar-refractivity contribution in [2.75, 3.05) is 44.8 Å². The van der Waals surface area contributed by atoms with E-state index in [2.05, 4.69) is 27.3 Å². The van der Waals surface area contributed by atoms with Crippen molar-refractivity contribution in [1.82, 2.24) is 9.88 Å². The van der Waals surface area contributed by atoms with Gasteiger partial charge in [0.05, 0.1) is 44.2 Å². The minimum absolute atomic E-state index is 0.162. The van der Waals surface area contributed by atoms with E-state index in [4.69, 9.17) is 9.47 Å². The molecular weight excluding hydrogens is 474 g/mol. The van der Waals surface area contributed by atoms with Crippen molar-refractivity contribution < 1.29 is 14.3 Å². The highest BCUT2D eigenvalue weighted by Crippen LogP contribution is 2.37. The molecule has 168 valence electrons. The summed E-state index contributed by atoms with van der Waals surface area (Å²) in [7, 11) is 0. The molecule has 0 radical (unpaired) electrons. The molecule has 0 spiro atoms. The second-order valence-corrected chi connectivity index (χ2v) is 10.7. The molecule has 3 aromatic heterocycles. The van der Waals surface area contributed by atoms with E-state index in [0.29, 0.717) is 17.9 Å².